The molecule has 0 saturated heterocycles. The summed E-state index contributed by atoms with van der Waals surface area (Å²) in [7, 11) is 0. The molecular formula is C6H7N3O. The lowest BCUT2D eigenvalue weighted by molar-refractivity contribution is 0.135. The number of rotatable bonds is 0. The summed E-state index contributed by atoms with van der Waals surface area (Å²) in [4.78, 5) is 0.846. The highest BCUT2D eigenvalue weighted by Crippen LogP contribution is 2.11. The standard InChI is InChI=1S/C6H7N3O/c10-9-6-4-2-1-3-5(6)7-8-9/h1-2,10H,3-4H2. The van der Waals surface area contributed by atoms with Gasteiger partial charge in [-0.2, -0.15) is 0 Å². The van der Waals surface area contributed by atoms with Gasteiger partial charge in [-0.3, -0.25) is 0 Å². The van der Waals surface area contributed by atoms with Gasteiger partial charge in [0, 0.05) is 12.8 Å². The minimum atomic E-state index is 0.735. The normalized spacial score (nSPS) is 15.2. The van der Waals surface area contributed by atoms with Gasteiger partial charge in [0.05, 0.1) is 5.69 Å². The Morgan fingerprint density at radius 2 is 2.20 bits per heavy atom. The van der Waals surface area contributed by atoms with Crippen LogP contribution in [0.2, 0.25) is 0 Å². The van der Waals surface area contributed by atoms with Crippen LogP contribution in [0.3, 0.4) is 0 Å². The molecule has 10 heavy (non-hydrogen) atoms. The van der Waals surface area contributed by atoms with E-state index in [4.69, 9.17) is 5.21 Å². The topological polar surface area (TPSA) is 50.9 Å². The molecule has 0 saturated carbocycles. The summed E-state index contributed by atoms with van der Waals surface area (Å²) >= 11 is 0. The van der Waals surface area contributed by atoms with Crippen LogP contribution < -0.4 is 0 Å². The molecular weight excluding hydrogens is 130 g/mol. The summed E-state index contributed by atoms with van der Waals surface area (Å²) < 4.78 is 0. The molecule has 0 aliphatic heterocycles. The Bertz CT molecular complexity index is 277. The van der Waals surface area contributed by atoms with E-state index in [2.05, 4.69) is 10.3 Å². The predicted molar refractivity (Wildman–Crippen MR) is 33.8 cm³/mol. The smallest absolute Gasteiger partial charge is 0.107 e. The highest BCUT2D eigenvalue weighted by molar-refractivity contribution is 5.20. The van der Waals surface area contributed by atoms with Gasteiger partial charge in [0.25, 0.3) is 0 Å². The summed E-state index contributed by atoms with van der Waals surface area (Å²) in [6.45, 7) is 0. The fourth-order valence-corrected chi connectivity index (χ4v) is 1.07. The van der Waals surface area contributed by atoms with Crippen LogP contribution in [-0.2, 0) is 12.8 Å². The fourth-order valence-electron chi connectivity index (χ4n) is 1.07. The van der Waals surface area contributed by atoms with Crippen molar-refractivity contribution in [3.63, 3.8) is 0 Å². The first-order valence-electron chi connectivity index (χ1n) is 3.15. The molecule has 0 atom stereocenters. The van der Waals surface area contributed by atoms with E-state index in [1.54, 1.807) is 0 Å². The maximum atomic E-state index is 9.01. The zero-order valence-electron chi connectivity index (χ0n) is 5.36. The van der Waals surface area contributed by atoms with E-state index < -0.39 is 0 Å². The molecule has 0 amide bonds. The van der Waals surface area contributed by atoms with Crippen molar-refractivity contribution in [2.75, 3.05) is 0 Å². The Hall–Kier alpha value is -1.32. The van der Waals surface area contributed by atoms with E-state index in [1.807, 2.05) is 12.2 Å². The Morgan fingerprint density at radius 1 is 1.40 bits per heavy atom. The zero-order valence-corrected chi connectivity index (χ0v) is 5.36. The van der Waals surface area contributed by atoms with Gasteiger partial charge >= 0.3 is 0 Å². The lowest BCUT2D eigenvalue weighted by Gasteiger charge is -2.01. The van der Waals surface area contributed by atoms with Crippen molar-refractivity contribution in [3.8, 4) is 0 Å². The number of aromatic nitrogens is 3. The molecule has 1 heterocycles. The van der Waals surface area contributed by atoms with Crippen LogP contribution in [0.15, 0.2) is 12.2 Å². The van der Waals surface area contributed by atoms with E-state index >= 15 is 0 Å². The zero-order chi connectivity index (χ0) is 6.97. The lowest BCUT2D eigenvalue weighted by atomic mass is 10.1. The monoisotopic (exact) mass is 137 g/mol. The molecule has 52 valence electrons. The summed E-state index contributed by atoms with van der Waals surface area (Å²) in [5.41, 5.74) is 1.69. The Balaban J connectivity index is 2.50. The molecule has 4 nitrogen and oxygen atoms in total. The Kier molecular flexibility index (Phi) is 1.00. The van der Waals surface area contributed by atoms with Crippen LogP contribution in [-0.4, -0.2) is 20.4 Å². The third-order valence-corrected chi connectivity index (χ3v) is 1.61. The van der Waals surface area contributed by atoms with Gasteiger partial charge in [-0.15, -0.1) is 5.10 Å². The average molecular weight is 137 g/mol. The molecule has 1 aliphatic carbocycles. The first-order chi connectivity index (χ1) is 4.88. The van der Waals surface area contributed by atoms with Crippen LogP contribution >= 0.6 is 0 Å². The second-order valence-corrected chi connectivity index (χ2v) is 2.25. The fraction of sp³-hybridized carbons (Fsp3) is 0.333. The number of allylic oxidation sites excluding steroid dienone is 2. The van der Waals surface area contributed by atoms with Gasteiger partial charge in [-0.05, 0) is 5.21 Å². The third-order valence-electron chi connectivity index (χ3n) is 1.61. The van der Waals surface area contributed by atoms with E-state index in [0.717, 1.165) is 29.1 Å². The van der Waals surface area contributed by atoms with Gasteiger partial charge in [-0.1, -0.05) is 17.0 Å². The summed E-state index contributed by atoms with van der Waals surface area (Å²) in [6.07, 6.45) is 5.55. The summed E-state index contributed by atoms with van der Waals surface area (Å²) in [6, 6.07) is 0. The number of hydrogen-bond acceptors (Lipinski definition) is 3. The highest BCUT2D eigenvalue weighted by Gasteiger charge is 2.11. The molecule has 1 N–H and O–H groups in total. The van der Waals surface area contributed by atoms with Crippen LogP contribution in [0, 0.1) is 0 Å². The van der Waals surface area contributed by atoms with Crippen LogP contribution in [0.1, 0.15) is 11.4 Å². The summed E-state index contributed by atoms with van der Waals surface area (Å²) in [5.74, 6) is 0. The Morgan fingerprint density at radius 3 is 3.00 bits per heavy atom. The maximum absolute atomic E-state index is 9.01. The predicted octanol–water partition coefficient (Wildman–Crippen LogP) is 0.170. The number of hydrogen-bond donors (Lipinski definition) is 1. The molecule has 0 fully saturated rings. The first-order valence-corrected chi connectivity index (χ1v) is 3.15. The van der Waals surface area contributed by atoms with Crippen molar-refractivity contribution in [3.05, 3.63) is 23.5 Å². The minimum absolute atomic E-state index is 0.735. The highest BCUT2D eigenvalue weighted by atomic mass is 16.5. The molecule has 1 aromatic rings. The number of nitrogens with zero attached hydrogens (tertiary/aromatic N) is 3. The molecule has 1 aromatic heterocycles. The van der Waals surface area contributed by atoms with Crippen LogP contribution in [0.4, 0.5) is 0 Å². The van der Waals surface area contributed by atoms with Crippen molar-refractivity contribution in [2.24, 2.45) is 0 Å². The van der Waals surface area contributed by atoms with Gasteiger partial charge in [0.15, 0.2) is 0 Å². The van der Waals surface area contributed by atoms with Gasteiger partial charge in [0.2, 0.25) is 0 Å². The molecule has 0 bridgehead atoms. The lowest BCUT2D eigenvalue weighted by Crippen LogP contribution is -2.02. The van der Waals surface area contributed by atoms with E-state index in [0.29, 0.717) is 0 Å². The third kappa shape index (κ3) is 0.618. The van der Waals surface area contributed by atoms with Gasteiger partial charge in [-0.25, -0.2) is 0 Å². The molecule has 0 radical (unpaired) electrons. The van der Waals surface area contributed by atoms with Gasteiger partial charge < -0.3 is 5.21 Å². The van der Waals surface area contributed by atoms with E-state index in [-0.39, 0.29) is 0 Å². The maximum Gasteiger partial charge on any atom is 0.107 e. The second-order valence-electron chi connectivity index (χ2n) is 2.25. The van der Waals surface area contributed by atoms with Crippen molar-refractivity contribution < 1.29 is 5.21 Å². The van der Waals surface area contributed by atoms with E-state index in [1.165, 1.54) is 0 Å². The average Bonchev–Trinajstić information content (AvgIpc) is 2.34. The molecule has 2 rings (SSSR count). The van der Waals surface area contributed by atoms with Crippen molar-refractivity contribution in [2.45, 2.75) is 12.8 Å². The first kappa shape index (κ1) is 5.46. The molecule has 0 spiro atoms. The second kappa shape index (κ2) is 1.83. The Labute approximate surface area is 57.7 Å². The SMILES string of the molecule is On1nnc2c1CC=CC2. The van der Waals surface area contributed by atoms with E-state index in [9.17, 15) is 0 Å². The summed E-state index contributed by atoms with van der Waals surface area (Å²) in [5, 5.41) is 16.3. The van der Waals surface area contributed by atoms with Crippen molar-refractivity contribution >= 4 is 0 Å². The largest absolute Gasteiger partial charge is 0.410 e. The van der Waals surface area contributed by atoms with Crippen molar-refractivity contribution in [1.82, 2.24) is 15.2 Å². The number of fused-ring (bicyclic) bond motifs is 1. The van der Waals surface area contributed by atoms with Gasteiger partial charge in [0.1, 0.15) is 5.69 Å². The minimum Gasteiger partial charge on any atom is -0.410 e. The molecule has 4 heteroatoms. The van der Waals surface area contributed by atoms with Crippen molar-refractivity contribution in [1.29, 1.82) is 0 Å². The van der Waals surface area contributed by atoms with Crippen LogP contribution in [0.5, 0.6) is 0 Å². The quantitative estimate of drug-likeness (QED) is 0.409. The molecule has 0 aromatic carbocycles. The van der Waals surface area contributed by atoms with Crippen LogP contribution in [0.25, 0.3) is 0 Å². The molecule has 1 aliphatic rings. The molecule has 0 unspecified atom stereocenters.